The molecule has 66 heavy (non-hydrogen) atoms. The lowest BCUT2D eigenvalue weighted by atomic mass is 9.96. The summed E-state index contributed by atoms with van der Waals surface area (Å²) in [7, 11) is 0. The molecule has 1 heterocycles. The highest BCUT2D eigenvalue weighted by atomic mass is 15.1. The van der Waals surface area contributed by atoms with Gasteiger partial charge in [0.2, 0.25) is 0 Å². The number of fused-ring (bicyclic) bond motifs is 4. The largest absolute Gasteiger partial charge is 0.310 e. The van der Waals surface area contributed by atoms with Crippen molar-refractivity contribution >= 4 is 49.6 Å². The van der Waals surface area contributed by atoms with Gasteiger partial charge in [-0.2, -0.15) is 0 Å². The molecule has 310 valence electrons. The van der Waals surface area contributed by atoms with Crippen molar-refractivity contribution in [1.29, 1.82) is 0 Å². The van der Waals surface area contributed by atoms with Crippen molar-refractivity contribution < 1.29 is 0 Å². The fourth-order valence-electron chi connectivity index (χ4n) is 9.69. The van der Waals surface area contributed by atoms with Crippen molar-refractivity contribution in [2.45, 2.75) is 0 Å². The molecule has 1 aromatic heterocycles. The van der Waals surface area contributed by atoms with Gasteiger partial charge in [0, 0.05) is 33.4 Å². The molecular weight excluding hydrogens is 797 g/mol. The second kappa shape index (κ2) is 16.8. The van der Waals surface area contributed by atoms with Crippen LogP contribution < -0.4 is 4.90 Å². The van der Waals surface area contributed by atoms with Crippen molar-refractivity contribution in [3.8, 4) is 61.3 Å². The fourth-order valence-corrected chi connectivity index (χ4v) is 9.69. The SMILES string of the molecule is c1ccc(-c2cc(-c3ccccc3)cc(N(c3ccc(-c4ccc(-c5ccccc5-n5c6ccccc6c6ccccc65)cc4)cc3)c3ccc(-c4ccc5ccccc5c4)cc3)c2)cc1. The normalized spacial score (nSPS) is 11.3. The van der Waals surface area contributed by atoms with Crippen LogP contribution in [0.25, 0.3) is 93.9 Å². The molecule has 11 aromatic carbocycles. The molecule has 2 heteroatoms. The zero-order chi connectivity index (χ0) is 43.8. The molecule has 0 radical (unpaired) electrons. The van der Waals surface area contributed by atoms with E-state index in [1.807, 2.05) is 0 Å². The molecule has 2 nitrogen and oxygen atoms in total. The van der Waals surface area contributed by atoms with E-state index >= 15 is 0 Å². The van der Waals surface area contributed by atoms with Crippen molar-refractivity contribution in [2.24, 2.45) is 0 Å². The number of benzene rings is 11. The maximum absolute atomic E-state index is 2.41. The first kappa shape index (κ1) is 38.9. The molecule has 12 rings (SSSR count). The first-order valence-corrected chi connectivity index (χ1v) is 22.7. The van der Waals surface area contributed by atoms with Gasteiger partial charge in [-0.1, -0.05) is 200 Å². The highest BCUT2D eigenvalue weighted by Crippen LogP contribution is 2.42. The Labute approximate surface area is 385 Å². The Balaban J connectivity index is 0.925. The fraction of sp³-hybridized carbons (Fsp3) is 0. The van der Waals surface area contributed by atoms with E-state index in [1.165, 1.54) is 88.3 Å². The predicted molar refractivity (Wildman–Crippen MR) is 280 cm³/mol. The molecule has 0 fully saturated rings. The number of hydrogen-bond donors (Lipinski definition) is 0. The third-order valence-electron chi connectivity index (χ3n) is 13.0. The van der Waals surface area contributed by atoms with E-state index in [1.54, 1.807) is 0 Å². The number of para-hydroxylation sites is 3. The smallest absolute Gasteiger partial charge is 0.0541 e. The number of aromatic nitrogens is 1. The first-order chi connectivity index (χ1) is 32.7. The molecule has 0 aliphatic heterocycles. The Morgan fingerprint density at radius 3 is 1.26 bits per heavy atom. The van der Waals surface area contributed by atoms with Crippen LogP contribution in [0.4, 0.5) is 17.1 Å². The van der Waals surface area contributed by atoms with Crippen molar-refractivity contribution in [2.75, 3.05) is 4.90 Å². The Kier molecular flexibility index (Phi) is 9.89. The Morgan fingerprint density at radius 1 is 0.242 bits per heavy atom. The molecule has 0 atom stereocenters. The number of anilines is 3. The molecule has 0 aliphatic carbocycles. The van der Waals surface area contributed by atoms with Crippen LogP contribution in [0.15, 0.2) is 267 Å². The Bertz CT molecular complexity index is 3550. The van der Waals surface area contributed by atoms with E-state index < -0.39 is 0 Å². The topological polar surface area (TPSA) is 8.17 Å². The second-order valence-corrected chi connectivity index (χ2v) is 17.0. The van der Waals surface area contributed by atoms with Gasteiger partial charge in [0.15, 0.2) is 0 Å². The molecule has 0 spiro atoms. The first-order valence-electron chi connectivity index (χ1n) is 22.7. The molecule has 0 bridgehead atoms. The second-order valence-electron chi connectivity index (χ2n) is 17.0. The summed E-state index contributed by atoms with van der Waals surface area (Å²) in [5.74, 6) is 0. The molecule has 0 unspecified atom stereocenters. The monoisotopic (exact) mass is 840 g/mol. The van der Waals surface area contributed by atoms with Gasteiger partial charge in [-0.05, 0) is 128 Å². The Morgan fingerprint density at radius 2 is 0.667 bits per heavy atom. The summed E-state index contributed by atoms with van der Waals surface area (Å²) >= 11 is 0. The van der Waals surface area contributed by atoms with Crippen LogP contribution >= 0.6 is 0 Å². The maximum atomic E-state index is 2.41. The van der Waals surface area contributed by atoms with Gasteiger partial charge in [0.25, 0.3) is 0 Å². The van der Waals surface area contributed by atoms with Crippen LogP contribution in [0.1, 0.15) is 0 Å². The quantitative estimate of drug-likeness (QED) is 0.141. The summed E-state index contributed by atoms with van der Waals surface area (Å²) in [6.45, 7) is 0. The third-order valence-corrected chi connectivity index (χ3v) is 13.0. The summed E-state index contributed by atoms with van der Waals surface area (Å²) < 4.78 is 2.41. The van der Waals surface area contributed by atoms with Crippen molar-refractivity contribution in [1.82, 2.24) is 4.57 Å². The molecule has 12 aromatic rings. The van der Waals surface area contributed by atoms with E-state index in [9.17, 15) is 0 Å². The predicted octanol–water partition coefficient (Wildman–Crippen LogP) is 17.7. The highest BCUT2D eigenvalue weighted by Gasteiger charge is 2.18. The maximum Gasteiger partial charge on any atom is 0.0541 e. The van der Waals surface area contributed by atoms with Crippen LogP contribution in [0.2, 0.25) is 0 Å². The lowest BCUT2D eigenvalue weighted by Crippen LogP contribution is -2.10. The minimum Gasteiger partial charge on any atom is -0.310 e. The summed E-state index contributed by atoms with van der Waals surface area (Å²) in [5, 5.41) is 5.01. The molecule has 0 saturated carbocycles. The standard InChI is InChI=1S/C64H44N2/c1-3-15-45(16-4-1)54-42-55(46-17-5-2-6-18-46)44-58(43-54)65(57-39-35-50(36-40-57)53-32-29-47-19-7-8-20-52(47)41-53)56-37-33-49(34-38-56)48-27-30-51(31-28-48)59-21-9-12-24-62(59)66-63-25-13-10-22-60(63)61-23-11-14-26-64(61)66/h1-44H. The van der Waals surface area contributed by atoms with Crippen molar-refractivity contribution in [3.63, 3.8) is 0 Å². The summed E-state index contributed by atoms with van der Waals surface area (Å²) in [6.07, 6.45) is 0. The minimum atomic E-state index is 1.08. The van der Waals surface area contributed by atoms with Gasteiger partial charge in [0.05, 0.1) is 16.7 Å². The lowest BCUT2D eigenvalue weighted by Gasteiger charge is -2.27. The van der Waals surface area contributed by atoms with Crippen LogP contribution in [0.3, 0.4) is 0 Å². The van der Waals surface area contributed by atoms with Crippen LogP contribution in [-0.4, -0.2) is 4.57 Å². The van der Waals surface area contributed by atoms with Crippen LogP contribution in [0, 0.1) is 0 Å². The summed E-state index contributed by atoms with van der Waals surface area (Å²) in [5.41, 5.74) is 18.6. The zero-order valence-corrected chi connectivity index (χ0v) is 36.3. The Hall–Kier alpha value is -8.72. The number of hydrogen-bond acceptors (Lipinski definition) is 1. The van der Waals surface area contributed by atoms with Crippen LogP contribution in [0.5, 0.6) is 0 Å². The van der Waals surface area contributed by atoms with Gasteiger partial charge in [-0.3, -0.25) is 0 Å². The minimum absolute atomic E-state index is 1.08. The van der Waals surface area contributed by atoms with Gasteiger partial charge >= 0.3 is 0 Å². The van der Waals surface area contributed by atoms with Gasteiger partial charge < -0.3 is 9.47 Å². The molecule has 0 amide bonds. The van der Waals surface area contributed by atoms with Gasteiger partial charge in [0.1, 0.15) is 0 Å². The van der Waals surface area contributed by atoms with E-state index in [2.05, 4.69) is 276 Å². The van der Waals surface area contributed by atoms with E-state index in [-0.39, 0.29) is 0 Å². The van der Waals surface area contributed by atoms with E-state index in [4.69, 9.17) is 0 Å². The third kappa shape index (κ3) is 7.21. The zero-order valence-electron chi connectivity index (χ0n) is 36.3. The average molecular weight is 841 g/mol. The lowest BCUT2D eigenvalue weighted by molar-refractivity contribution is 1.18. The molecular formula is C64H44N2. The highest BCUT2D eigenvalue weighted by molar-refractivity contribution is 6.09. The average Bonchev–Trinajstić information content (AvgIpc) is 3.74. The summed E-state index contributed by atoms with van der Waals surface area (Å²) in [4.78, 5) is 2.39. The number of rotatable bonds is 9. The number of nitrogens with zero attached hydrogens (tertiary/aromatic N) is 2. The van der Waals surface area contributed by atoms with E-state index in [0.29, 0.717) is 0 Å². The molecule has 0 aliphatic rings. The van der Waals surface area contributed by atoms with Gasteiger partial charge in [-0.15, -0.1) is 0 Å². The molecule has 0 N–H and O–H groups in total. The van der Waals surface area contributed by atoms with E-state index in [0.717, 1.165) is 22.6 Å². The van der Waals surface area contributed by atoms with Gasteiger partial charge in [-0.25, -0.2) is 0 Å². The van der Waals surface area contributed by atoms with Crippen LogP contribution in [-0.2, 0) is 0 Å². The summed E-state index contributed by atoms with van der Waals surface area (Å²) in [6, 6.07) is 96.9. The molecule has 0 saturated heterocycles. The van der Waals surface area contributed by atoms with Crippen molar-refractivity contribution in [3.05, 3.63) is 267 Å².